The number of methoxy groups -OCH3 is 1. The van der Waals surface area contributed by atoms with Crippen LogP contribution in [0.15, 0.2) is 41.6 Å². The van der Waals surface area contributed by atoms with Crippen LogP contribution in [0.4, 0.5) is 0 Å². The first-order valence-electron chi connectivity index (χ1n) is 8.63. The highest BCUT2D eigenvalue weighted by molar-refractivity contribution is 8.00. The van der Waals surface area contributed by atoms with E-state index >= 15 is 0 Å². The zero-order chi connectivity index (χ0) is 19.6. The van der Waals surface area contributed by atoms with Gasteiger partial charge in [0.2, 0.25) is 5.16 Å². The third-order valence-corrected chi connectivity index (χ3v) is 5.54. The molecular weight excluding hydrogens is 360 g/mol. The zero-order valence-corrected chi connectivity index (χ0v) is 16.9. The summed E-state index contributed by atoms with van der Waals surface area (Å²) in [6.45, 7) is 7.92. The SMILES string of the molecule is COc1ccccc1-n1nnnc1SC(C)C(=O)c1cc(C)c(C)cc1C. The molecule has 0 aliphatic heterocycles. The van der Waals surface area contributed by atoms with Gasteiger partial charge in [-0.3, -0.25) is 4.79 Å². The van der Waals surface area contributed by atoms with E-state index in [0.29, 0.717) is 10.9 Å². The summed E-state index contributed by atoms with van der Waals surface area (Å²) >= 11 is 1.33. The molecule has 1 unspecified atom stereocenters. The molecule has 0 amide bonds. The van der Waals surface area contributed by atoms with Crippen molar-refractivity contribution in [1.29, 1.82) is 0 Å². The average molecular weight is 382 g/mol. The Morgan fingerprint density at radius 2 is 1.81 bits per heavy atom. The van der Waals surface area contributed by atoms with E-state index in [-0.39, 0.29) is 11.0 Å². The molecule has 0 bridgehead atoms. The highest BCUT2D eigenvalue weighted by Gasteiger charge is 2.23. The molecule has 0 saturated heterocycles. The molecule has 3 rings (SSSR count). The number of hydrogen-bond acceptors (Lipinski definition) is 6. The van der Waals surface area contributed by atoms with Crippen molar-refractivity contribution in [3.8, 4) is 11.4 Å². The number of Topliss-reactive ketones (excluding diaryl/α,β-unsaturated/α-hetero) is 1. The molecule has 1 atom stereocenters. The minimum absolute atomic E-state index is 0.0650. The number of aromatic nitrogens is 4. The second kappa shape index (κ2) is 7.92. The Bertz CT molecular complexity index is 984. The van der Waals surface area contributed by atoms with Crippen molar-refractivity contribution >= 4 is 17.5 Å². The third-order valence-electron chi connectivity index (χ3n) is 4.51. The van der Waals surface area contributed by atoms with E-state index < -0.39 is 0 Å². The Kier molecular flexibility index (Phi) is 5.60. The second-order valence-corrected chi connectivity index (χ2v) is 7.73. The van der Waals surface area contributed by atoms with Gasteiger partial charge in [0.1, 0.15) is 11.4 Å². The largest absolute Gasteiger partial charge is 0.494 e. The number of nitrogens with zero attached hydrogens (tertiary/aromatic N) is 4. The van der Waals surface area contributed by atoms with Crippen LogP contribution < -0.4 is 4.74 Å². The quantitative estimate of drug-likeness (QED) is 0.475. The van der Waals surface area contributed by atoms with E-state index in [1.165, 1.54) is 17.3 Å². The summed E-state index contributed by atoms with van der Waals surface area (Å²) in [7, 11) is 1.60. The Hall–Kier alpha value is -2.67. The fraction of sp³-hybridized carbons (Fsp3) is 0.300. The number of benzene rings is 2. The predicted octanol–water partition coefficient (Wildman–Crippen LogP) is 3.96. The molecule has 0 aliphatic rings. The van der Waals surface area contributed by atoms with Gasteiger partial charge in [0.25, 0.3) is 0 Å². The van der Waals surface area contributed by atoms with Crippen LogP contribution in [0.3, 0.4) is 0 Å². The van der Waals surface area contributed by atoms with Gasteiger partial charge in [-0.15, -0.1) is 5.10 Å². The summed E-state index contributed by atoms with van der Waals surface area (Å²) in [5, 5.41) is 12.2. The fourth-order valence-corrected chi connectivity index (χ4v) is 3.73. The molecule has 0 radical (unpaired) electrons. The van der Waals surface area contributed by atoms with Crippen LogP contribution in [-0.2, 0) is 0 Å². The number of hydrogen-bond donors (Lipinski definition) is 0. The maximum atomic E-state index is 13.0. The molecule has 140 valence electrons. The number of aryl methyl sites for hydroxylation is 3. The van der Waals surface area contributed by atoms with Crippen molar-refractivity contribution in [3.05, 3.63) is 58.7 Å². The summed E-state index contributed by atoms with van der Waals surface area (Å²) in [6, 6.07) is 11.5. The summed E-state index contributed by atoms with van der Waals surface area (Å²) in [4.78, 5) is 13.0. The maximum Gasteiger partial charge on any atom is 0.214 e. The Balaban J connectivity index is 1.88. The van der Waals surface area contributed by atoms with Crippen LogP contribution in [0.1, 0.15) is 34.0 Å². The fourth-order valence-electron chi connectivity index (χ4n) is 2.86. The normalized spacial score (nSPS) is 12.0. The zero-order valence-electron chi connectivity index (χ0n) is 16.1. The Labute approximate surface area is 162 Å². The van der Waals surface area contributed by atoms with Crippen LogP contribution >= 0.6 is 11.8 Å². The molecule has 0 saturated carbocycles. The number of ether oxygens (including phenoxy) is 1. The summed E-state index contributed by atoms with van der Waals surface area (Å²) < 4.78 is 6.99. The lowest BCUT2D eigenvalue weighted by molar-refractivity contribution is 0.0993. The van der Waals surface area contributed by atoms with Crippen LogP contribution in [-0.4, -0.2) is 38.4 Å². The molecule has 0 fully saturated rings. The lowest BCUT2D eigenvalue weighted by Crippen LogP contribution is -2.16. The Morgan fingerprint density at radius 3 is 2.56 bits per heavy atom. The van der Waals surface area contributed by atoms with E-state index in [1.54, 1.807) is 11.8 Å². The van der Waals surface area contributed by atoms with Crippen LogP contribution in [0, 0.1) is 20.8 Å². The molecule has 0 aliphatic carbocycles. The molecular formula is C20H22N4O2S. The van der Waals surface area contributed by atoms with Crippen molar-refractivity contribution in [1.82, 2.24) is 20.2 Å². The third kappa shape index (κ3) is 3.88. The van der Waals surface area contributed by atoms with Gasteiger partial charge in [0.15, 0.2) is 5.78 Å². The number of thioether (sulfide) groups is 1. The van der Waals surface area contributed by atoms with Gasteiger partial charge in [-0.1, -0.05) is 30.0 Å². The van der Waals surface area contributed by atoms with E-state index in [1.807, 2.05) is 51.1 Å². The number of carbonyl (C=O) groups excluding carboxylic acids is 1. The van der Waals surface area contributed by atoms with Crippen molar-refractivity contribution in [2.45, 2.75) is 38.1 Å². The first-order valence-corrected chi connectivity index (χ1v) is 9.50. The van der Waals surface area contributed by atoms with Gasteiger partial charge < -0.3 is 4.74 Å². The van der Waals surface area contributed by atoms with Crippen molar-refractivity contribution in [2.24, 2.45) is 0 Å². The molecule has 27 heavy (non-hydrogen) atoms. The van der Waals surface area contributed by atoms with Crippen LogP contribution in [0.2, 0.25) is 0 Å². The number of carbonyl (C=O) groups is 1. The monoisotopic (exact) mass is 382 g/mol. The molecule has 0 spiro atoms. The number of rotatable bonds is 6. The minimum Gasteiger partial charge on any atom is -0.494 e. The molecule has 2 aromatic carbocycles. The van der Waals surface area contributed by atoms with Crippen LogP contribution in [0.5, 0.6) is 5.75 Å². The van der Waals surface area contributed by atoms with Gasteiger partial charge in [0.05, 0.1) is 12.4 Å². The molecule has 1 heterocycles. The highest BCUT2D eigenvalue weighted by Crippen LogP contribution is 2.29. The molecule has 6 nitrogen and oxygen atoms in total. The van der Waals surface area contributed by atoms with Gasteiger partial charge in [-0.05, 0) is 73.0 Å². The van der Waals surface area contributed by atoms with E-state index in [9.17, 15) is 4.79 Å². The highest BCUT2D eigenvalue weighted by atomic mass is 32.2. The number of para-hydroxylation sites is 2. The summed E-state index contributed by atoms with van der Waals surface area (Å²) in [5.74, 6) is 0.728. The minimum atomic E-state index is -0.328. The number of ketones is 1. The number of tetrazole rings is 1. The summed E-state index contributed by atoms with van der Waals surface area (Å²) in [6.07, 6.45) is 0. The van der Waals surface area contributed by atoms with Crippen molar-refractivity contribution in [3.63, 3.8) is 0 Å². The average Bonchev–Trinajstić information content (AvgIpc) is 3.11. The summed E-state index contributed by atoms with van der Waals surface area (Å²) in [5.41, 5.74) is 4.76. The van der Waals surface area contributed by atoms with E-state index in [4.69, 9.17) is 4.74 Å². The maximum absolute atomic E-state index is 13.0. The predicted molar refractivity (Wildman–Crippen MR) is 106 cm³/mol. The van der Waals surface area contributed by atoms with E-state index in [2.05, 4.69) is 28.5 Å². The van der Waals surface area contributed by atoms with Gasteiger partial charge in [0, 0.05) is 5.56 Å². The van der Waals surface area contributed by atoms with E-state index in [0.717, 1.165) is 22.4 Å². The standard InChI is InChI=1S/C20H22N4O2S/c1-12-10-14(3)16(11-13(12)2)19(25)15(4)27-20-21-22-23-24(20)17-8-6-7-9-18(17)26-5/h6-11,15H,1-5H3. The lowest BCUT2D eigenvalue weighted by atomic mass is 9.97. The smallest absolute Gasteiger partial charge is 0.214 e. The van der Waals surface area contributed by atoms with Crippen LogP contribution in [0.25, 0.3) is 5.69 Å². The first-order chi connectivity index (χ1) is 12.9. The topological polar surface area (TPSA) is 69.9 Å². The Morgan fingerprint density at radius 1 is 1.11 bits per heavy atom. The molecule has 3 aromatic rings. The van der Waals surface area contributed by atoms with Gasteiger partial charge in [-0.2, -0.15) is 4.68 Å². The molecule has 1 aromatic heterocycles. The van der Waals surface area contributed by atoms with Crippen molar-refractivity contribution in [2.75, 3.05) is 7.11 Å². The van der Waals surface area contributed by atoms with Gasteiger partial charge in [-0.25, -0.2) is 0 Å². The molecule has 0 N–H and O–H groups in total. The first kappa shape index (κ1) is 19.1. The lowest BCUT2D eigenvalue weighted by Gasteiger charge is -2.14. The van der Waals surface area contributed by atoms with Crippen molar-refractivity contribution < 1.29 is 9.53 Å². The molecule has 7 heteroatoms. The van der Waals surface area contributed by atoms with Gasteiger partial charge >= 0.3 is 0 Å². The second-order valence-electron chi connectivity index (χ2n) is 6.42.